The maximum Gasteiger partial charge on any atom is 0.251 e. The number of fused-ring (bicyclic) bond motifs is 1. The number of nitrogens with one attached hydrogen (secondary N) is 1. The molecule has 6 heteroatoms. The molecule has 3 aromatic rings. The van der Waals surface area contributed by atoms with Crippen molar-refractivity contribution in [3.63, 3.8) is 0 Å². The lowest BCUT2D eigenvalue weighted by atomic mass is 10.00. The molecule has 4 rings (SSSR count). The van der Waals surface area contributed by atoms with Crippen LogP contribution in [-0.4, -0.2) is 29.8 Å². The van der Waals surface area contributed by atoms with Crippen molar-refractivity contribution >= 4 is 11.8 Å². The van der Waals surface area contributed by atoms with Crippen LogP contribution in [0, 0.1) is 11.3 Å². The Bertz CT molecular complexity index is 1180. The van der Waals surface area contributed by atoms with E-state index in [-0.39, 0.29) is 25.0 Å². The zero-order chi connectivity index (χ0) is 22.3. The summed E-state index contributed by atoms with van der Waals surface area (Å²) in [4.78, 5) is 27.0. The van der Waals surface area contributed by atoms with Crippen molar-refractivity contribution in [2.75, 3.05) is 13.1 Å². The number of nitrogens with zero attached hydrogens (tertiary/aromatic N) is 2. The summed E-state index contributed by atoms with van der Waals surface area (Å²) in [6.07, 6.45) is 0.829. The van der Waals surface area contributed by atoms with Gasteiger partial charge in [0.25, 0.3) is 5.91 Å². The lowest BCUT2D eigenvalue weighted by Crippen LogP contribution is -2.42. The molecular weight excluding hydrogens is 402 g/mol. The molecule has 0 unspecified atom stereocenters. The highest BCUT2D eigenvalue weighted by Crippen LogP contribution is 2.18. The molecule has 32 heavy (non-hydrogen) atoms. The van der Waals surface area contributed by atoms with E-state index < -0.39 is 0 Å². The Hall–Kier alpha value is -4.11. The Labute approximate surface area is 187 Å². The molecule has 0 saturated carbocycles. The van der Waals surface area contributed by atoms with Crippen molar-refractivity contribution in [2.24, 2.45) is 0 Å². The van der Waals surface area contributed by atoms with E-state index in [9.17, 15) is 9.59 Å². The molecule has 0 saturated heterocycles. The summed E-state index contributed by atoms with van der Waals surface area (Å²) in [5.74, 6) is 0.196. The van der Waals surface area contributed by atoms with Crippen LogP contribution >= 0.6 is 0 Å². The lowest BCUT2D eigenvalue weighted by molar-refractivity contribution is -0.131. The van der Waals surface area contributed by atoms with Gasteiger partial charge in [-0.2, -0.15) is 5.26 Å². The molecule has 0 bridgehead atoms. The molecule has 0 spiro atoms. The Balaban J connectivity index is 1.31. The van der Waals surface area contributed by atoms with E-state index in [0.717, 1.165) is 17.5 Å². The molecule has 160 valence electrons. The van der Waals surface area contributed by atoms with Gasteiger partial charge in [0.05, 0.1) is 18.2 Å². The van der Waals surface area contributed by atoms with E-state index in [0.29, 0.717) is 30.0 Å². The lowest BCUT2D eigenvalue weighted by Gasteiger charge is -2.29. The fraction of sp³-hybridized carbons (Fsp3) is 0.192. The molecule has 1 heterocycles. The number of hydrogen-bond acceptors (Lipinski definition) is 4. The van der Waals surface area contributed by atoms with Gasteiger partial charge < -0.3 is 15.0 Å². The SMILES string of the molecule is N#Cc1cccc(OCc2cccc(C(=O)NCC(=O)N3CCc4ccccc4C3)c2)c1. The van der Waals surface area contributed by atoms with Gasteiger partial charge in [-0.1, -0.05) is 42.5 Å². The molecule has 0 radical (unpaired) electrons. The number of amides is 2. The number of nitriles is 1. The first kappa shape index (κ1) is 21.1. The van der Waals surface area contributed by atoms with E-state index in [1.807, 2.05) is 24.3 Å². The van der Waals surface area contributed by atoms with Crippen LogP contribution < -0.4 is 10.1 Å². The molecule has 6 nitrogen and oxygen atoms in total. The number of hydrogen-bond donors (Lipinski definition) is 1. The summed E-state index contributed by atoms with van der Waals surface area (Å²) in [6, 6.07) is 24.2. The minimum absolute atomic E-state index is 0.0390. The van der Waals surface area contributed by atoms with Crippen molar-refractivity contribution < 1.29 is 14.3 Å². The highest BCUT2D eigenvalue weighted by molar-refractivity contribution is 5.96. The zero-order valence-corrected chi connectivity index (χ0v) is 17.6. The first-order chi connectivity index (χ1) is 15.6. The third-order valence-corrected chi connectivity index (χ3v) is 5.44. The van der Waals surface area contributed by atoms with Crippen molar-refractivity contribution in [1.82, 2.24) is 10.2 Å². The van der Waals surface area contributed by atoms with E-state index in [1.165, 1.54) is 5.56 Å². The van der Waals surface area contributed by atoms with Crippen LogP contribution in [0.1, 0.15) is 32.6 Å². The molecule has 0 aromatic heterocycles. The highest BCUT2D eigenvalue weighted by Gasteiger charge is 2.20. The second-order valence-corrected chi connectivity index (χ2v) is 7.65. The average Bonchev–Trinajstić information content (AvgIpc) is 2.85. The van der Waals surface area contributed by atoms with E-state index in [4.69, 9.17) is 10.00 Å². The minimum atomic E-state index is -0.302. The minimum Gasteiger partial charge on any atom is -0.489 e. The van der Waals surface area contributed by atoms with Crippen molar-refractivity contribution in [3.8, 4) is 11.8 Å². The Morgan fingerprint density at radius 3 is 2.66 bits per heavy atom. The predicted molar refractivity (Wildman–Crippen MR) is 120 cm³/mol. The van der Waals surface area contributed by atoms with Gasteiger partial charge in [-0.3, -0.25) is 9.59 Å². The molecule has 0 aliphatic carbocycles. The van der Waals surface area contributed by atoms with E-state index in [1.54, 1.807) is 47.4 Å². The van der Waals surface area contributed by atoms with Gasteiger partial charge in [-0.15, -0.1) is 0 Å². The average molecular weight is 425 g/mol. The predicted octanol–water partition coefficient (Wildman–Crippen LogP) is 3.45. The van der Waals surface area contributed by atoms with Crippen LogP contribution in [0.5, 0.6) is 5.75 Å². The first-order valence-corrected chi connectivity index (χ1v) is 10.5. The number of benzene rings is 3. The van der Waals surface area contributed by atoms with Crippen molar-refractivity contribution in [1.29, 1.82) is 5.26 Å². The molecule has 1 aliphatic rings. The number of ether oxygens (including phenoxy) is 1. The highest BCUT2D eigenvalue weighted by atomic mass is 16.5. The second kappa shape index (κ2) is 9.80. The van der Waals surface area contributed by atoms with Crippen LogP contribution in [0.4, 0.5) is 0 Å². The normalized spacial score (nSPS) is 12.4. The van der Waals surface area contributed by atoms with Crippen LogP contribution in [-0.2, 0) is 24.4 Å². The van der Waals surface area contributed by atoms with Crippen LogP contribution in [0.2, 0.25) is 0 Å². The third-order valence-electron chi connectivity index (χ3n) is 5.44. The zero-order valence-electron chi connectivity index (χ0n) is 17.6. The van der Waals surface area contributed by atoms with Crippen LogP contribution in [0.3, 0.4) is 0 Å². The smallest absolute Gasteiger partial charge is 0.251 e. The number of rotatable bonds is 6. The summed E-state index contributed by atoms with van der Waals surface area (Å²) in [7, 11) is 0. The van der Waals surface area contributed by atoms with Gasteiger partial charge in [-0.25, -0.2) is 0 Å². The molecule has 0 atom stereocenters. The van der Waals surface area contributed by atoms with Crippen molar-refractivity contribution in [3.05, 3.63) is 101 Å². The molecule has 2 amide bonds. The summed E-state index contributed by atoms with van der Waals surface area (Å²) < 4.78 is 5.73. The standard InChI is InChI=1S/C26H23N3O3/c27-15-19-5-4-10-24(14-19)32-18-20-6-3-9-22(13-20)26(31)28-16-25(30)29-12-11-21-7-1-2-8-23(21)17-29/h1-10,13-14H,11-12,16-18H2,(H,28,31). The van der Waals surface area contributed by atoms with Gasteiger partial charge in [0.2, 0.25) is 5.91 Å². The summed E-state index contributed by atoms with van der Waals surface area (Å²) in [6.45, 7) is 1.46. The fourth-order valence-corrected chi connectivity index (χ4v) is 3.70. The molecule has 1 N–H and O–H groups in total. The van der Waals surface area contributed by atoms with Crippen molar-refractivity contribution in [2.45, 2.75) is 19.6 Å². The maximum atomic E-state index is 12.6. The molecule has 1 aliphatic heterocycles. The topological polar surface area (TPSA) is 82.4 Å². The molecular formula is C26H23N3O3. The van der Waals surface area contributed by atoms with Crippen LogP contribution in [0.15, 0.2) is 72.8 Å². The third kappa shape index (κ3) is 5.13. The summed E-state index contributed by atoms with van der Waals surface area (Å²) >= 11 is 0. The van der Waals surface area contributed by atoms with E-state index in [2.05, 4.69) is 17.5 Å². The molecule has 0 fully saturated rings. The van der Waals surface area contributed by atoms with Gasteiger partial charge in [0, 0.05) is 18.7 Å². The van der Waals surface area contributed by atoms with E-state index >= 15 is 0 Å². The molecule has 3 aromatic carbocycles. The van der Waals surface area contributed by atoms with Gasteiger partial charge in [-0.05, 0) is 53.4 Å². The summed E-state index contributed by atoms with van der Waals surface area (Å²) in [5, 5.41) is 11.7. The number of carbonyl (C=O) groups is 2. The quantitative estimate of drug-likeness (QED) is 0.656. The Morgan fingerprint density at radius 2 is 1.81 bits per heavy atom. The monoisotopic (exact) mass is 425 g/mol. The fourth-order valence-electron chi connectivity index (χ4n) is 3.70. The Morgan fingerprint density at radius 1 is 1.00 bits per heavy atom. The summed E-state index contributed by atoms with van der Waals surface area (Å²) in [5.41, 5.74) is 4.25. The second-order valence-electron chi connectivity index (χ2n) is 7.65. The first-order valence-electron chi connectivity index (χ1n) is 10.5. The largest absolute Gasteiger partial charge is 0.489 e. The maximum absolute atomic E-state index is 12.6. The van der Waals surface area contributed by atoms with Gasteiger partial charge in [0.1, 0.15) is 12.4 Å². The van der Waals surface area contributed by atoms with Gasteiger partial charge >= 0.3 is 0 Å². The number of carbonyl (C=O) groups excluding carboxylic acids is 2. The van der Waals surface area contributed by atoms with Crippen LogP contribution in [0.25, 0.3) is 0 Å². The van der Waals surface area contributed by atoms with Gasteiger partial charge in [0.15, 0.2) is 0 Å². The Kier molecular flexibility index (Phi) is 6.47.